The highest BCUT2D eigenvalue weighted by Crippen LogP contribution is 2.28. The molecule has 0 saturated carbocycles. The average molecular weight is 216 g/mol. The maximum atomic E-state index is 10.7. The molecule has 14 heavy (non-hydrogen) atoms. The summed E-state index contributed by atoms with van der Waals surface area (Å²) in [5.41, 5.74) is 0.459. The maximum Gasteiger partial charge on any atom is 0.274 e. The van der Waals surface area contributed by atoms with Crippen LogP contribution in [-0.2, 0) is 0 Å². The van der Waals surface area contributed by atoms with Crippen molar-refractivity contribution < 1.29 is 10.0 Å². The molecule has 0 bridgehead atoms. The van der Waals surface area contributed by atoms with Crippen molar-refractivity contribution in [1.82, 2.24) is 0 Å². The number of hydrogen-bond donors (Lipinski definition) is 1. The summed E-state index contributed by atoms with van der Waals surface area (Å²) in [7, 11) is 0. The minimum absolute atomic E-state index is 0.0425. The number of aliphatic hydroxyl groups is 1. The smallest absolute Gasteiger partial charge is 0.274 e. The molecule has 0 spiro atoms. The lowest BCUT2D eigenvalue weighted by molar-refractivity contribution is -0.385. The Kier molecular flexibility index (Phi) is 3.43. The molecular formula is C9H10ClNO3. The van der Waals surface area contributed by atoms with Crippen LogP contribution in [0.4, 0.5) is 5.69 Å². The van der Waals surface area contributed by atoms with Crippen LogP contribution in [0.3, 0.4) is 0 Å². The van der Waals surface area contributed by atoms with Crippen LogP contribution in [0.15, 0.2) is 18.2 Å². The molecule has 76 valence electrons. The Morgan fingerprint density at radius 1 is 1.64 bits per heavy atom. The fourth-order valence-electron chi connectivity index (χ4n) is 1.19. The number of nitro benzene ring substituents is 1. The lowest BCUT2D eigenvalue weighted by Crippen LogP contribution is -2.03. The molecule has 1 atom stereocenters. The first-order valence-electron chi connectivity index (χ1n) is 4.11. The van der Waals surface area contributed by atoms with Gasteiger partial charge in [-0.05, 0) is 6.07 Å². The second kappa shape index (κ2) is 4.39. The monoisotopic (exact) mass is 215 g/mol. The second-order valence-corrected chi connectivity index (χ2v) is 3.48. The number of aliphatic hydroxyl groups excluding tert-OH is 1. The standard InChI is InChI=1S/C9H10ClNO3/c1-6(5-12)8-3-2-7(10)4-9(8)11(13)14/h2-4,6,12H,5H2,1H3. The molecule has 0 aromatic heterocycles. The zero-order valence-electron chi connectivity index (χ0n) is 7.61. The van der Waals surface area contributed by atoms with E-state index in [1.54, 1.807) is 19.1 Å². The van der Waals surface area contributed by atoms with Gasteiger partial charge < -0.3 is 5.11 Å². The maximum absolute atomic E-state index is 10.7. The minimum atomic E-state index is -0.493. The molecular weight excluding hydrogens is 206 g/mol. The van der Waals surface area contributed by atoms with Gasteiger partial charge in [-0.3, -0.25) is 10.1 Å². The van der Waals surface area contributed by atoms with Crippen molar-refractivity contribution in [1.29, 1.82) is 0 Å². The fourth-order valence-corrected chi connectivity index (χ4v) is 1.36. The van der Waals surface area contributed by atoms with E-state index in [1.807, 2.05) is 0 Å². The van der Waals surface area contributed by atoms with E-state index in [0.717, 1.165) is 0 Å². The summed E-state index contributed by atoms with van der Waals surface area (Å²) in [6.07, 6.45) is 0. The van der Waals surface area contributed by atoms with Crippen LogP contribution in [0, 0.1) is 10.1 Å². The van der Waals surface area contributed by atoms with Crippen molar-refractivity contribution in [3.8, 4) is 0 Å². The van der Waals surface area contributed by atoms with Gasteiger partial charge in [-0.25, -0.2) is 0 Å². The molecule has 0 aliphatic heterocycles. The molecule has 1 aromatic rings. The van der Waals surface area contributed by atoms with Gasteiger partial charge in [0.1, 0.15) is 0 Å². The lowest BCUT2D eigenvalue weighted by atomic mass is 10.0. The number of nitrogens with zero attached hydrogens (tertiary/aromatic N) is 1. The van der Waals surface area contributed by atoms with Crippen LogP contribution >= 0.6 is 11.6 Å². The van der Waals surface area contributed by atoms with Crippen LogP contribution in [0.2, 0.25) is 5.02 Å². The van der Waals surface area contributed by atoms with Crippen LogP contribution in [0.1, 0.15) is 18.4 Å². The quantitative estimate of drug-likeness (QED) is 0.622. The summed E-state index contributed by atoms with van der Waals surface area (Å²) < 4.78 is 0. The molecule has 1 N–H and O–H groups in total. The zero-order valence-corrected chi connectivity index (χ0v) is 8.36. The number of hydrogen-bond acceptors (Lipinski definition) is 3. The third kappa shape index (κ3) is 2.21. The van der Waals surface area contributed by atoms with Crippen molar-refractivity contribution >= 4 is 17.3 Å². The van der Waals surface area contributed by atoms with Gasteiger partial charge in [-0.2, -0.15) is 0 Å². The second-order valence-electron chi connectivity index (χ2n) is 3.04. The fraction of sp³-hybridized carbons (Fsp3) is 0.333. The summed E-state index contributed by atoms with van der Waals surface area (Å²) in [6.45, 7) is 1.60. The van der Waals surface area contributed by atoms with E-state index < -0.39 is 4.92 Å². The third-order valence-electron chi connectivity index (χ3n) is 1.99. The van der Waals surface area contributed by atoms with Gasteiger partial charge in [0.2, 0.25) is 0 Å². The van der Waals surface area contributed by atoms with E-state index in [2.05, 4.69) is 0 Å². The van der Waals surface area contributed by atoms with Crippen molar-refractivity contribution in [3.63, 3.8) is 0 Å². The molecule has 0 heterocycles. The largest absolute Gasteiger partial charge is 0.396 e. The van der Waals surface area contributed by atoms with Crippen molar-refractivity contribution in [2.75, 3.05) is 6.61 Å². The van der Waals surface area contributed by atoms with Crippen molar-refractivity contribution in [3.05, 3.63) is 38.9 Å². The van der Waals surface area contributed by atoms with E-state index in [9.17, 15) is 10.1 Å². The van der Waals surface area contributed by atoms with Crippen molar-refractivity contribution in [2.45, 2.75) is 12.8 Å². The number of benzene rings is 1. The van der Waals surface area contributed by atoms with Gasteiger partial charge in [0.05, 0.1) is 4.92 Å². The van der Waals surface area contributed by atoms with E-state index in [0.29, 0.717) is 10.6 Å². The van der Waals surface area contributed by atoms with Crippen LogP contribution < -0.4 is 0 Å². The number of nitro groups is 1. The average Bonchev–Trinajstić information content (AvgIpc) is 2.16. The molecule has 4 nitrogen and oxygen atoms in total. The number of halogens is 1. The first kappa shape index (κ1) is 10.9. The normalized spacial score (nSPS) is 12.5. The highest BCUT2D eigenvalue weighted by Gasteiger charge is 2.18. The summed E-state index contributed by atoms with van der Waals surface area (Å²) in [4.78, 5) is 10.2. The first-order chi connectivity index (χ1) is 6.56. The number of rotatable bonds is 3. The summed E-state index contributed by atoms with van der Waals surface area (Å²) >= 11 is 5.64. The Morgan fingerprint density at radius 3 is 2.79 bits per heavy atom. The molecule has 1 aromatic carbocycles. The Balaban J connectivity index is 3.21. The highest BCUT2D eigenvalue weighted by atomic mass is 35.5. The van der Waals surface area contributed by atoms with E-state index in [4.69, 9.17) is 16.7 Å². The molecule has 5 heteroatoms. The summed E-state index contributed by atoms with van der Waals surface area (Å²) in [6, 6.07) is 4.44. The molecule has 1 unspecified atom stereocenters. The molecule has 0 fully saturated rings. The molecule has 0 aliphatic carbocycles. The van der Waals surface area contributed by atoms with Gasteiger partial charge in [0.25, 0.3) is 5.69 Å². The van der Waals surface area contributed by atoms with Gasteiger partial charge in [-0.1, -0.05) is 24.6 Å². The Morgan fingerprint density at radius 2 is 2.29 bits per heavy atom. The molecule has 0 aliphatic rings. The third-order valence-corrected chi connectivity index (χ3v) is 2.23. The zero-order chi connectivity index (χ0) is 10.7. The van der Waals surface area contributed by atoms with Gasteiger partial charge >= 0.3 is 0 Å². The van der Waals surface area contributed by atoms with Crippen molar-refractivity contribution in [2.24, 2.45) is 0 Å². The van der Waals surface area contributed by atoms with Crippen LogP contribution in [0.25, 0.3) is 0 Å². The highest BCUT2D eigenvalue weighted by molar-refractivity contribution is 6.30. The van der Waals surface area contributed by atoms with Gasteiger partial charge in [0.15, 0.2) is 0 Å². The SMILES string of the molecule is CC(CO)c1ccc(Cl)cc1[N+](=O)[O-]. The van der Waals surface area contributed by atoms with Gasteiger partial charge in [0, 0.05) is 29.2 Å². The topological polar surface area (TPSA) is 63.4 Å². The van der Waals surface area contributed by atoms with Crippen LogP contribution in [0.5, 0.6) is 0 Å². The lowest BCUT2D eigenvalue weighted by Gasteiger charge is -2.08. The Labute approximate surface area is 86.3 Å². The molecule has 0 saturated heterocycles. The molecule has 0 radical (unpaired) electrons. The molecule has 1 rings (SSSR count). The van der Waals surface area contributed by atoms with Gasteiger partial charge in [-0.15, -0.1) is 0 Å². The minimum Gasteiger partial charge on any atom is -0.396 e. The van der Waals surface area contributed by atoms with Crippen LogP contribution in [-0.4, -0.2) is 16.6 Å². The Bertz CT molecular complexity index is 354. The first-order valence-corrected chi connectivity index (χ1v) is 4.48. The Hall–Kier alpha value is -1.13. The predicted molar refractivity (Wildman–Crippen MR) is 53.6 cm³/mol. The van der Waals surface area contributed by atoms with E-state index in [-0.39, 0.29) is 18.2 Å². The summed E-state index contributed by atoms with van der Waals surface area (Å²) in [5, 5.41) is 19.9. The van der Waals surface area contributed by atoms with E-state index >= 15 is 0 Å². The predicted octanol–water partition coefficient (Wildman–Crippen LogP) is 2.34. The summed E-state index contributed by atoms with van der Waals surface area (Å²) in [5.74, 6) is -0.257. The molecule has 0 amide bonds. The van der Waals surface area contributed by atoms with E-state index in [1.165, 1.54) is 6.07 Å².